The van der Waals surface area contributed by atoms with Gasteiger partial charge in [0.15, 0.2) is 0 Å². The van der Waals surface area contributed by atoms with E-state index in [1.807, 2.05) is 17.4 Å². The Morgan fingerprint density at radius 1 is 1.24 bits per heavy atom. The standard InChI is InChI=1S/C17H20ClNOS/c18-14-7-8-16(20)13(11-14)12-19-9-3-1-2-5-15(19)17-6-4-10-21-17/h4,6-8,10-11,15,20H,1-3,5,9,12H2/t15-/m1/s1. The summed E-state index contributed by atoms with van der Waals surface area (Å²) in [5, 5.41) is 12.9. The molecule has 21 heavy (non-hydrogen) atoms. The van der Waals surface area contributed by atoms with Gasteiger partial charge in [-0.05, 0) is 49.0 Å². The van der Waals surface area contributed by atoms with Crippen LogP contribution in [0.2, 0.25) is 5.02 Å². The highest BCUT2D eigenvalue weighted by Gasteiger charge is 2.24. The molecule has 1 aliphatic rings. The lowest BCUT2D eigenvalue weighted by atomic mass is 10.1. The van der Waals surface area contributed by atoms with Gasteiger partial charge in [-0.3, -0.25) is 4.90 Å². The molecule has 0 saturated carbocycles. The highest BCUT2D eigenvalue weighted by Crippen LogP contribution is 2.35. The maximum Gasteiger partial charge on any atom is 0.120 e. The Morgan fingerprint density at radius 2 is 2.14 bits per heavy atom. The van der Waals surface area contributed by atoms with Crippen molar-refractivity contribution in [3.63, 3.8) is 0 Å². The molecule has 0 unspecified atom stereocenters. The Hall–Kier alpha value is -1.03. The van der Waals surface area contributed by atoms with Gasteiger partial charge in [0.25, 0.3) is 0 Å². The first-order valence-corrected chi connectivity index (χ1v) is 8.74. The molecule has 112 valence electrons. The molecule has 0 amide bonds. The maximum atomic E-state index is 10.1. The first kappa shape index (κ1) is 14.9. The number of aromatic hydroxyl groups is 1. The lowest BCUT2D eigenvalue weighted by Crippen LogP contribution is -2.27. The molecule has 3 rings (SSSR count). The van der Waals surface area contributed by atoms with Crippen LogP contribution in [0, 0.1) is 0 Å². The Bertz CT molecular complexity index is 584. The lowest BCUT2D eigenvalue weighted by Gasteiger charge is -2.29. The van der Waals surface area contributed by atoms with E-state index in [9.17, 15) is 5.11 Å². The highest BCUT2D eigenvalue weighted by atomic mass is 35.5. The summed E-state index contributed by atoms with van der Waals surface area (Å²) in [6.45, 7) is 1.84. The molecule has 1 N–H and O–H groups in total. The number of halogens is 1. The third-order valence-corrected chi connectivity index (χ3v) is 5.36. The molecule has 0 radical (unpaired) electrons. The van der Waals surface area contributed by atoms with Crippen molar-refractivity contribution in [3.8, 4) is 5.75 Å². The van der Waals surface area contributed by atoms with E-state index in [1.165, 1.54) is 30.6 Å². The number of thiophene rings is 1. The van der Waals surface area contributed by atoms with Gasteiger partial charge >= 0.3 is 0 Å². The number of hydrogen-bond donors (Lipinski definition) is 1. The van der Waals surface area contributed by atoms with Gasteiger partial charge in [-0.1, -0.05) is 30.5 Å². The molecular formula is C17H20ClNOS. The third kappa shape index (κ3) is 3.60. The van der Waals surface area contributed by atoms with Crippen LogP contribution < -0.4 is 0 Å². The number of phenols is 1. The molecule has 1 aliphatic heterocycles. The summed E-state index contributed by atoms with van der Waals surface area (Å²) in [6.07, 6.45) is 4.99. The Kier molecular flexibility index (Phi) is 4.84. The van der Waals surface area contributed by atoms with Gasteiger partial charge in [0, 0.05) is 28.0 Å². The van der Waals surface area contributed by atoms with Crippen LogP contribution in [0.1, 0.15) is 42.2 Å². The van der Waals surface area contributed by atoms with Crippen LogP contribution in [-0.4, -0.2) is 16.6 Å². The number of nitrogens with zero attached hydrogens (tertiary/aromatic N) is 1. The quantitative estimate of drug-likeness (QED) is 0.837. The van der Waals surface area contributed by atoms with Crippen molar-refractivity contribution >= 4 is 22.9 Å². The topological polar surface area (TPSA) is 23.5 Å². The predicted molar refractivity (Wildman–Crippen MR) is 89.1 cm³/mol. The van der Waals surface area contributed by atoms with E-state index in [-0.39, 0.29) is 0 Å². The van der Waals surface area contributed by atoms with E-state index < -0.39 is 0 Å². The molecule has 0 aliphatic carbocycles. The summed E-state index contributed by atoms with van der Waals surface area (Å²) in [7, 11) is 0. The van der Waals surface area contributed by atoms with Crippen molar-refractivity contribution in [2.75, 3.05) is 6.54 Å². The summed E-state index contributed by atoms with van der Waals surface area (Å²) in [6, 6.07) is 10.1. The van der Waals surface area contributed by atoms with Gasteiger partial charge in [-0.2, -0.15) is 0 Å². The van der Waals surface area contributed by atoms with Gasteiger partial charge in [0.2, 0.25) is 0 Å². The first-order valence-electron chi connectivity index (χ1n) is 7.49. The number of likely N-dealkylation sites (tertiary alicyclic amines) is 1. The monoisotopic (exact) mass is 321 g/mol. The van der Waals surface area contributed by atoms with Crippen LogP contribution in [0.4, 0.5) is 0 Å². The Morgan fingerprint density at radius 3 is 2.95 bits per heavy atom. The minimum atomic E-state index is 0.341. The molecule has 1 aromatic heterocycles. The van der Waals surface area contributed by atoms with Crippen LogP contribution >= 0.6 is 22.9 Å². The van der Waals surface area contributed by atoms with Crippen LogP contribution in [0.25, 0.3) is 0 Å². The van der Waals surface area contributed by atoms with Crippen molar-refractivity contribution in [3.05, 3.63) is 51.2 Å². The van der Waals surface area contributed by atoms with E-state index in [0.717, 1.165) is 18.7 Å². The molecule has 4 heteroatoms. The normalized spacial score (nSPS) is 20.3. The van der Waals surface area contributed by atoms with Crippen LogP contribution in [-0.2, 0) is 6.54 Å². The van der Waals surface area contributed by atoms with Crippen molar-refractivity contribution in [1.29, 1.82) is 0 Å². The fraction of sp³-hybridized carbons (Fsp3) is 0.412. The summed E-state index contributed by atoms with van der Waals surface area (Å²) >= 11 is 7.91. The van der Waals surface area contributed by atoms with E-state index in [4.69, 9.17) is 11.6 Å². The van der Waals surface area contributed by atoms with Crippen molar-refractivity contribution in [2.24, 2.45) is 0 Å². The van der Waals surface area contributed by atoms with Gasteiger partial charge in [0.05, 0.1) is 0 Å². The molecule has 1 saturated heterocycles. The molecule has 0 spiro atoms. The average Bonchev–Trinajstić information content (AvgIpc) is 2.90. The van der Waals surface area contributed by atoms with E-state index >= 15 is 0 Å². The summed E-state index contributed by atoms with van der Waals surface area (Å²) < 4.78 is 0. The summed E-state index contributed by atoms with van der Waals surface area (Å²) in [4.78, 5) is 3.92. The minimum Gasteiger partial charge on any atom is -0.508 e. The number of hydrogen-bond acceptors (Lipinski definition) is 3. The molecule has 2 aromatic rings. The zero-order valence-corrected chi connectivity index (χ0v) is 13.5. The Balaban J connectivity index is 1.84. The molecule has 0 bridgehead atoms. The van der Waals surface area contributed by atoms with Crippen LogP contribution in [0.3, 0.4) is 0 Å². The Labute approximate surface area is 135 Å². The van der Waals surface area contributed by atoms with Crippen LogP contribution in [0.15, 0.2) is 35.7 Å². The first-order chi connectivity index (χ1) is 10.2. The van der Waals surface area contributed by atoms with Gasteiger partial charge < -0.3 is 5.11 Å². The van der Waals surface area contributed by atoms with Gasteiger partial charge in [-0.15, -0.1) is 11.3 Å². The summed E-state index contributed by atoms with van der Waals surface area (Å²) in [5.74, 6) is 0.341. The smallest absolute Gasteiger partial charge is 0.120 e. The largest absolute Gasteiger partial charge is 0.508 e. The zero-order chi connectivity index (χ0) is 14.7. The van der Waals surface area contributed by atoms with E-state index in [0.29, 0.717) is 16.8 Å². The predicted octanol–water partition coefficient (Wildman–Crippen LogP) is 5.22. The second kappa shape index (κ2) is 6.82. The summed E-state index contributed by atoms with van der Waals surface area (Å²) in [5.41, 5.74) is 0.922. The van der Waals surface area contributed by atoms with Gasteiger partial charge in [-0.25, -0.2) is 0 Å². The van der Waals surface area contributed by atoms with Crippen molar-refractivity contribution in [2.45, 2.75) is 38.3 Å². The number of rotatable bonds is 3. The van der Waals surface area contributed by atoms with Crippen molar-refractivity contribution in [1.82, 2.24) is 4.90 Å². The molecule has 1 fully saturated rings. The zero-order valence-electron chi connectivity index (χ0n) is 12.0. The molecule has 2 heterocycles. The minimum absolute atomic E-state index is 0.341. The van der Waals surface area contributed by atoms with Gasteiger partial charge in [0.1, 0.15) is 5.75 Å². The van der Waals surface area contributed by atoms with E-state index in [1.54, 1.807) is 12.1 Å². The molecular weight excluding hydrogens is 302 g/mol. The molecule has 1 atom stereocenters. The second-order valence-corrected chi connectivity index (χ2v) is 7.04. The number of benzene rings is 1. The third-order valence-electron chi connectivity index (χ3n) is 4.15. The SMILES string of the molecule is Oc1ccc(Cl)cc1CN1CCCCC[C@@H]1c1cccs1. The average molecular weight is 322 g/mol. The maximum absolute atomic E-state index is 10.1. The number of phenolic OH excluding ortho intramolecular Hbond substituents is 1. The van der Waals surface area contributed by atoms with E-state index in [2.05, 4.69) is 22.4 Å². The fourth-order valence-corrected chi connectivity index (χ4v) is 4.15. The molecule has 1 aromatic carbocycles. The fourth-order valence-electron chi connectivity index (χ4n) is 3.06. The van der Waals surface area contributed by atoms with Crippen molar-refractivity contribution < 1.29 is 5.11 Å². The lowest BCUT2D eigenvalue weighted by molar-refractivity contribution is 0.193. The molecule has 2 nitrogen and oxygen atoms in total. The van der Waals surface area contributed by atoms with Crippen LogP contribution in [0.5, 0.6) is 5.75 Å². The second-order valence-electron chi connectivity index (χ2n) is 5.62. The highest BCUT2D eigenvalue weighted by molar-refractivity contribution is 7.10.